The lowest BCUT2D eigenvalue weighted by Crippen LogP contribution is -2.23. The molecule has 0 aromatic carbocycles. The second-order valence-corrected chi connectivity index (χ2v) is 4.89. The van der Waals surface area contributed by atoms with Crippen molar-refractivity contribution >= 4 is 23.6 Å². The summed E-state index contributed by atoms with van der Waals surface area (Å²) < 4.78 is 1.73. The number of thioether (sulfide) groups is 1. The number of amides is 2. The monoisotopic (exact) mass is 257 g/mol. The first-order valence-corrected chi connectivity index (χ1v) is 5.92. The van der Waals surface area contributed by atoms with Crippen molar-refractivity contribution in [2.45, 2.75) is 30.2 Å². The van der Waals surface area contributed by atoms with E-state index in [0.29, 0.717) is 17.4 Å². The Morgan fingerprint density at radius 2 is 2.06 bits per heavy atom. The number of rotatable bonds is 6. The number of hydrogen-bond donors (Lipinski definition) is 2. The lowest BCUT2D eigenvalue weighted by molar-refractivity contribution is -0.118. The molecular formula is C9H15N5O2S. The van der Waals surface area contributed by atoms with Crippen LogP contribution in [0.15, 0.2) is 5.16 Å². The Balaban J connectivity index is 2.70. The van der Waals surface area contributed by atoms with Gasteiger partial charge in [-0.3, -0.25) is 9.59 Å². The SMILES string of the molecule is C[C@H](Sc1nnc(CCC(N)=O)n1C)C(N)=O. The van der Waals surface area contributed by atoms with Gasteiger partial charge in [0.25, 0.3) is 0 Å². The zero-order chi connectivity index (χ0) is 13.0. The van der Waals surface area contributed by atoms with E-state index >= 15 is 0 Å². The van der Waals surface area contributed by atoms with Gasteiger partial charge in [-0.15, -0.1) is 10.2 Å². The highest BCUT2D eigenvalue weighted by atomic mass is 32.2. The van der Waals surface area contributed by atoms with Gasteiger partial charge in [-0.1, -0.05) is 11.8 Å². The molecule has 0 aliphatic carbocycles. The van der Waals surface area contributed by atoms with Crippen LogP contribution in [0.1, 0.15) is 19.2 Å². The molecule has 8 heteroatoms. The summed E-state index contributed by atoms with van der Waals surface area (Å²) in [5.74, 6) is -0.132. The van der Waals surface area contributed by atoms with E-state index in [-0.39, 0.29) is 17.6 Å². The second kappa shape index (κ2) is 5.67. The predicted octanol–water partition coefficient (Wildman–Crippen LogP) is -0.801. The minimum atomic E-state index is -0.406. The normalized spacial score (nSPS) is 12.4. The maximum absolute atomic E-state index is 10.9. The number of aryl methyl sites for hydroxylation is 1. The van der Waals surface area contributed by atoms with Crippen LogP contribution in [0.4, 0.5) is 0 Å². The molecule has 0 radical (unpaired) electrons. The van der Waals surface area contributed by atoms with Crippen LogP contribution < -0.4 is 11.5 Å². The molecule has 7 nitrogen and oxygen atoms in total. The Morgan fingerprint density at radius 1 is 1.41 bits per heavy atom. The summed E-state index contributed by atoms with van der Waals surface area (Å²) in [5, 5.41) is 8.08. The van der Waals surface area contributed by atoms with Gasteiger partial charge in [-0.05, 0) is 6.92 Å². The number of aromatic nitrogens is 3. The van der Waals surface area contributed by atoms with Gasteiger partial charge < -0.3 is 16.0 Å². The standard InChI is InChI=1S/C9H15N5O2S/c1-5(8(11)16)17-9-13-12-7(14(9)2)4-3-6(10)15/h5H,3-4H2,1-2H3,(H2,10,15)(H2,11,16)/t5-/m0/s1. The second-order valence-electron chi connectivity index (χ2n) is 3.59. The first-order valence-electron chi connectivity index (χ1n) is 5.04. The van der Waals surface area contributed by atoms with E-state index in [4.69, 9.17) is 11.5 Å². The Bertz CT molecular complexity index is 431. The lowest BCUT2D eigenvalue weighted by atomic mass is 10.3. The quantitative estimate of drug-likeness (QED) is 0.647. The van der Waals surface area contributed by atoms with Crippen LogP contribution in [0.5, 0.6) is 0 Å². The molecule has 1 heterocycles. The van der Waals surface area contributed by atoms with E-state index < -0.39 is 5.91 Å². The van der Waals surface area contributed by atoms with Crippen molar-refractivity contribution in [3.8, 4) is 0 Å². The van der Waals surface area contributed by atoms with Crippen molar-refractivity contribution in [1.82, 2.24) is 14.8 Å². The van der Waals surface area contributed by atoms with E-state index in [0.717, 1.165) is 0 Å². The van der Waals surface area contributed by atoms with Crippen LogP contribution >= 0.6 is 11.8 Å². The van der Waals surface area contributed by atoms with E-state index in [9.17, 15) is 9.59 Å². The molecular weight excluding hydrogens is 242 g/mol. The van der Waals surface area contributed by atoms with Crippen LogP contribution in [-0.2, 0) is 23.1 Å². The predicted molar refractivity (Wildman–Crippen MR) is 63.0 cm³/mol. The molecule has 0 spiro atoms. The number of nitrogens with two attached hydrogens (primary N) is 2. The van der Waals surface area contributed by atoms with Gasteiger partial charge in [0.15, 0.2) is 5.16 Å². The first-order chi connectivity index (χ1) is 7.91. The zero-order valence-electron chi connectivity index (χ0n) is 9.71. The van der Waals surface area contributed by atoms with Gasteiger partial charge >= 0.3 is 0 Å². The van der Waals surface area contributed by atoms with Crippen LogP contribution in [0, 0.1) is 0 Å². The van der Waals surface area contributed by atoms with Crippen molar-refractivity contribution in [3.63, 3.8) is 0 Å². The summed E-state index contributed by atoms with van der Waals surface area (Å²) in [6, 6.07) is 0. The maximum atomic E-state index is 10.9. The Morgan fingerprint density at radius 3 is 2.59 bits per heavy atom. The molecule has 1 rings (SSSR count). The molecule has 0 unspecified atom stereocenters. The van der Waals surface area contributed by atoms with Crippen molar-refractivity contribution in [3.05, 3.63) is 5.82 Å². The highest BCUT2D eigenvalue weighted by Crippen LogP contribution is 2.21. The average molecular weight is 257 g/mol. The number of carbonyl (C=O) groups is 2. The fourth-order valence-corrected chi connectivity index (χ4v) is 1.90. The highest BCUT2D eigenvalue weighted by molar-refractivity contribution is 8.00. The van der Waals surface area contributed by atoms with Crippen LogP contribution in [-0.4, -0.2) is 31.8 Å². The summed E-state index contributed by atoms with van der Waals surface area (Å²) in [6.45, 7) is 1.70. The zero-order valence-corrected chi connectivity index (χ0v) is 10.5. The van der Waals surface area contributed by atoms with E-state index in [2.05, 4.69) is 10.2 Å². The Hall–Kier alpha value is -1.57. The van der Waals surface area contributed by atoms with Crippen LogP contribution in [0.25, 0.3) is 0 Å². The van der Waals surface area contributed by atoms with Gasteiger partial charge in [0.05, 0.1) is 5.25 Å². The summed E-state index contributed by atoms with van der Waals surface area (Å²) in [5.41, 5.74) is 10.2. The smallest absolute Gasteiger partial charge is 0.230 e. The maximum Gasteiger partial charge on any atom is 0.230 e. The molecule has 1 aromatic heterocycles. The third-order valence-electron chi connectivity index (χ3n) is 2.20. The van der Waals surface area contributed by atoms with Gasteiger partial charge in [0, 0.05) is 19.9 Å². The van der Waals surface area contributed by atoms with E-state index in [1.165, 1.54) is 11.8 Å². The molecule has 4 N–H and O–H groups in total. The van der Waals surface area contributed by atoms with Crippen molar-refractivity contribution < 1.29 is 9.59 Å². The molecule has 0 bridgehead atoms. The molecule has 0 aliphatic rings. The summed E-state index contributed by atoms with van der Waals surface area (Å²) >= 11 is 1.23. The fourth-order valence-electron chi connectivity index (χ4n) is 1.12. The van der Waals surface area contributed by atoms with Gasteiger partial charge in [0.2, 0.25) is 11.8 Å². The minimum absolute atomic E-state index is 0.224. The van der Waals surface area contributed by atoms with Gasteiger partial charge in [0.1, 0.15) is 5.82 Å². The third kappa shape index (κ3) is 3.74. The largest absolute Gasteiger partial charge is 0.370 e. The van der Waals surface area contributed by atoms with Crippen molar-refractivity contribution in [2.24, 2.45) is 18.5 Å². The minimum Gasteiger partial charge on any atom is -0.370 e. The summed E-state index contributed by atoms with van der Waals surface area (Å²) in [7, 11) is 1.77. The molecule has 17 heavy (non-hydrogen) atoms. The summed E-state index contributed by atoms with van der Waals surface area (Å²) in [4.78, 5) is 21.6. The molecule has 0 saturated heterocycles. The molecule has 1 aromatic rings. The molecule has 1 atom stereocenters. The average Bonchev–Trinajstić information content (AvgIpc) is 2.57. The van der Waals surface area contributed by atoms with Gasteiger partial charge in [-0.2, -0.15) is 0 Å². The van der Waals surface area contributed by atoms with Crippen LogP contribution in [0.2, 0.25) is 0 Å². The molecule has 94 valence electrons. The number of nitrogens with zero attached hydrogens (tertiary/aromatic N) is 3. The number of hydrogen-bond acceptors (Lipinski definition) is 5. The highest BCUT2D eigenvalue weighted by Gasteiger charge is 2.16. The van der Waals surface area contributed by atoms with E-state index in [1.54, 1.807) is 18.5 Å². The topological polar surface area (TPSA) is 117 Å². The lowest BCUT2D eigenvalue weighted by Gasteiger charge is -2.06. The fraction of sp³-hybridized carbons (Fsp3) is 0.556. The van der Waals surface area contributed by atoms with Gasteiger partial charge in [-0.25, -0.2) is 0 Å². The first kappa shape index (κ1) is 13.5. The number of carbonyl (C=O) groups excluding carboxylic acids is 2. The third-order valence-corrected chi connectivity index (χ3v) is 3.36. The van der Waals surface area contributed by atoms with Crippen molar-refractivity contribution in [1.29, 1.82) is 0 Å². The number of primary amides is 2. The van der Waals surface area contributed by atoms with Crippen molar-refractivity contribution in [2.75, 3.05) is 0 Å². The molecule has 2 amide bonds. The Labute approximate surface area is 103 Å². The Kier molecular flexibility index (Phi) is 4.50. The molecule has 0 fully saturated rings. The van der Waals surface area contributed by atoms with E-state index in [1.807, 2.05) is 0 Å². The molecule has 0 saturated carbocycles. The molecule has 0 aliphatic heterocycles. The summed E-state index contributed by atoms with van der Waals surface area (Å²) in [6.07, 6.45) is 0.659. The van der Waals surface area contributed by atoms with Crippen LogP contribution in [0.3, 0.4) is 0 Å².